The van der Waals surface area contributed by atoms with E-state index in [1.54, 1.807) is 36.4 Å². The minimum absolute atomic E-state index is 0.00873. The van der Waals surface area contributed by atoms with Gasteiger partial charge in [0.05, 0.1) is 42.1 Å². The molecule has 0 saturated carbocycles. The fourth-order valence-corrected chi connectivity index (χ4v) is 5.86. The van der Waals surface area contributed by atoms with Crippen LogP contribution in [-0.2, 0) is 14.2 Å². The van der Waals surface area contributed by atoms with E-state index in [-0.39, 0.29) is 11.1 Å². The van der Waals surface area contributed by atoms with Crippen molar-refractivity contribution < 1.29 is 38.5 Å². The first-order chi connectivity index (χ1) is 25.2. The molecule has 2 unspecified atom stereocenters. The molecule has 2 aromatic rings. The van der Waals surface area contributed by atoms with E-state index < -0.39 is 23.9 Å². The van der Waals surface area contributed by atoms with E-state index in [9.17, 15) is 19.2 Å². The number of carbonyl (C=O) groups is 4. The smallest absolute Gasteiger partial charge is 0.339 e. The number of carbonyl (C=O) groups excluding carboxylic acids is 3. The lowest BCUT2D eigenvalue weighted by Gasteiger charge is -2.17. The third-order valence-electron chi connectivity index (χ3n) is 9.46. The lowest BCUT2D eigenvalue weighted by atomic mass is 10.0. The molecule has 0 fully saturated rings. The standard InChI is InChI=1S/C24H38O4.C20H30O4/c1-5-9-13-19(7-3)17-27-23(25)21-15-11-12-16-22(21)24(26)28-18-20(8-4)14-10-6-2;1-2-3-4-5-6-7-8-9-10-13-16-24-20(23)18-15-12-11-14-17(18)19(21)22/h11-12,15-16,19-20H,5-10,13-14,17-18H2,1-4H3;11-12,14-15H,2-10,13,16H2,1H3,(H,21,22). The van der Waals surface area contributed by atoms with Crippen molar-refractivity contribution in [3.8, 4) is 0 Å². The summed E-state index contributed by atoms with van der Waals surface area (Å²) >= 11 is 0. The van der Waals surface area contributed by atoms with Crippen LogP contribution in [0.1, 0.15) is 192 Å². The Hall–Kier alpha value is -3.68. The van der Waals surface area contributed by atoms with Gasteiger partial charge in [-0.1, -0.05) is 155 Å². The summed E-state index contributed by atoms with van der Waals surface area (Å²) in [5, 5.41) is 9.07. The molecule has 1 N–H and O–H groups in total. The highest BCUT2D eigenvalue weighted by Gasteiger charge is 2.21. The SMILES string of the molecule is CCCCC(CC)COC(=O)c1ccccc1C(=O)OCC(CC)CCCC.CCCCCCCCCCCCOC(=O)c1ccccc1C(=O)O. The number of ether oxygens (including phenoxy) is 3. The molecule has 0 aliphatic rings. The van der Waals surface area contributed by atoms with Crippen LogP contribution in [0.2, 0.25) is 0 Å². The van der Waals surface area contributed by atoms with Crippen molar-refractivity contribution in [2.24, 2.45) is 11.8 Å². The molecule has 0 radical (unpaired) electrons. The van der Waals surface area contributed by atoms with Gasteiger partial charge in [-0.15, -0.1) is 0 Å². The lowest BCUT2D eigenvalue weighted by Crippen LogP contribution is -2.19. The minimum Gasteiger partial charge on any atom is -0.478 e. The first kappa shape index (κ1) is 46.3. The largest absolute Gasteiger partial charge is 0.478 e. The molecule has 0 aliphatic carbocycles. The number of rotatable bonds is 27. The average molecular weight is 725 g/mol. The van der Waals surface area contributed by atoms with Crippen molar-refractivity contribution in [1.29, 1.82) is 0 Å². The van der Waals surface area contributed by atoms with Gasteiger partial charge >= 0.3 is 23.9 Å². The number of carboxylic acids is 1. The van der Waals surface area contributed by atoms with Gasteiger partial charge in [0.1, 0.15) is 0 Å². The Morgan fingerprint density at radius 2 is 0.827 bits per heavy atom. The van der Waals surface area contributed by atoms with E-state index in [1.165, 1.54) is 57.1 Å². The monoisotopic (exact) mass is 724 g/mol. The fourth-order valence-electron chi connectivity index (χ4n) is 5.86. The first-order valence-electron chi connectivity index (χ1n) is 20.2. The molecule has 8 heteroatoms. The summed E-state index contributed by atoms with van der Waals surface area (Å²) in [7, 11) is 0. The summed E-state index contributed by atoms with van der Waals surface area (Å²) in [6.45, 7) is 11.9. The zero-order valence-electron chi connectivity index (χ0n) is 32.9. The number of hydrogen-bond acceptors (Lipinski definition) is 7. The van der Waals surface area contributed by atoms with Crippen LogP contribution in [0.3, 0.4) is 0 Å². The Morgan fingerprint density at radius 3 is 1.21 bits per heavy atom. The van der Waals surface area contributed by atoms with Crippen molar-refractivity contribution in [2.75, 3.05) is 19.8 Å². The molecule has 0 aromatic heterocycles. The van der Waals surface area contributed by atoms with Crippen molar-refractivity contribution >= 4 is 23.9 Å². The van der Waals surface area contributed by atoms with Gasteiger partial charge in [-0.2, -0.15) is 0 Å². The fraction of sp³-hybridized carbons (Fsp3) is 0.636. The van der Waals surface area contributed by atoms with Crippen LogP contribution in [0.25, 0.3) is 0 Å². The maximum Gasteiger partial charge on any atom is 0.339 e. The quantitative estimate of drug-likeness (QED) is 0.0550. The molecular formula is C44H68O8. The summed E-state index contributed by atoms with van der Waals surface area (Å²) in [5.41, 5.74) is 0.696. The van der Waals surface area contributed by atoms with Crippen molar-refractivity contribution in [3.63, 3.8) is 0 Å². The number of unbranched alkanes of at least 4 members (excludes halogenated alkanes) is 11. The molecule has 2 atom stereocenters. The highest BCUT2D eigenvalue weighted by atomic mass is 16.5. The van der Waals surface area contributed by atoms with Crippen LogP contribution in [0.15, 0.2) is 48.5 Å². The molecule has 0 amide bonds. The zero-order chi connectivity index (χ0) is 38.4. The zero-order valence-corrected chi connectivity index (χ0v) is 32.9. The normalized spacial score (nSPS) is 11.9. The number of hydrogen-bond donors (Lipinski definition) is 1. The van der Waals surface area contributed by atoms with Crippen LogP contribution >= 0.6 is 0 Å². The van der Waals surface area contributed by atoms with Crippen LogP contribution in [0.4, 0.5) is 0 Å². The van der Waals surface area contributed by atoms with Gasteiger partial charge in [0.25, 0.3) is 0 Å². The third-order valence-corrected chi connectivity index (χ3v) is 9.46. The van der Waals surface area contributed by atoms with E-state index in [0.717, 1.165) is 70.6 Å². The minimum atomic E-state index is -1.11. The molecule has 2 aromatic carbocycles. The summed E-state index contributed by atoms with van der Waals surface area (Å²) in [6.07, 6.45) is 20.8. The number of aromatic carboxylic acids is 1. The Labute approximate surface area is 314 Å². The van der Waals surface area contributed by atoms with E-state index in [0.29, 0.717) is 42.8 Å². The molecule has 8 nitrogen and oxygen atoms in total. The van der Waals surface area contributed by atoms with Gasteiger partial charge in [0, 0.05) is 0 Å². The highest BCUT2D eigenvalue weighted by molar-refractivity contribution is 6.03. The van der Waals surface area contributed by atoms with Gasteiger partial charge in [0.15, 0.2) is 0 Å². The summed E-state index contributed by atoms with van der Waals surface area (Å²) in [6, 6.07) is 12.9. The Bertz CT molecular complexity index is 1220. The summed E-state index contributed by atoms with van der Waals surface area (Å²) < 4.78 is 16.2. The van der Waals surface area contributed by atoms with Crippen molar-refractivity contribution in [2.45, 2.75) is 150 Å². The van der Waals surface area contributed by atoms with Gasteiger partial charge < -0.3 is 19.3 Å². The van der Waals surface area contributed by atoms with Crippen LogP contribution < -0.4 is 0 Å². The van der Waals surface area contributed by atoms with Crippen LogP contribution in [0.5, 0.6) is 0 Å². The first-order valence-corrected chi connectivity index (χ1v) is 20.2. The Morgan fingerprint density at radius 1 is 0.481 bits per heavy atom. The topological polar surface area (TPSA) is 116 Å². The lowest BCUT2D eigenvalue weighted by molar-refractivity contribution is 0.0381. The van der Waals surface area contributed by atoms with Crippen LogP contribution in [0, 0.1) is 11.8 Å². The van der Waals surface area contributed by atoms with Crippen LogP contribution in [-0.4, -0.2) is 48.8 Å². The molecule has 0 heterocycles. The second-order valence-electron chi connectivity index (χ2n) is 13.7. The Kier molecular flexibility index (Phi) is 26.6. The summed E-state index contributed by atoms with van der Waals surface area (Å²) in [5.74, 6) is -1.81. The molecule has 0 saturated heterocycles. The Balaban J connectivity index is 0.000000526. The molecule has 52 heavy (non-hydrogen) atoms. The van der Waals surface area contributed by atoms with Gasteiger partial charge in [-0.3, -0.25) is 0 Å². The van der Waals surface area contributed by atoms with Crippen molar-refractivity contribution in [3.05, 3.63) is 70.8 Å². The van der Waals surface area contributed by atoms with Gasteiger partial charge in [-0.05, 0) is 55.4 Å². The average Bonchev–Trinajstić information content (AvgIpc) is 3.17. The highest BCUT2D eigenvalue weighted by Crippen LogP contribution is 2.19. The molecule has 0 bridgehead atoms. The van der Waals surface area contributed by atoms with E-state index >= 15 is 0 Å². The van der Waals surface area contributed by atoms with Gasteiger partial charge in [0.2, 0.25) is 0 Å². The number of benzene rings is 2. The number of carboxylic acid groups (broad SMARTS) is 1. The summed E-state index contributed by atoms with van der Waals surface area (Å²) in [4.78, 5) is 48.2. The number of esters is 3. The molecule has 0 aliphatic heterocycles. The molecule has 292 valence electrons. The molecule has 0 spiro atoms. The van der Waals surface area contributed by atoms with E-state index in [2.05, 4.69) is 34.6 Å². The second-order valence-corrected chi connectivity index (χ2v) is 13.7. The van der Waals surface area contributed by atoms with E-state index in [4.69, 9.17) is 19.3 Å². The predicted octanol–water partition coefficient (Wildman–Crippen LogP) is 11.9. The van der Waals surface area contributed by atoms with Gasteiger partial charge in [-0.25, -0.2) is 19.2 Å². The maximum absolute atomic E-state index is 12.6. The third kappa shape index (κ3) is 19.8. The second kappa shape index (κ2) is 29.9. The maximum atomic E-state index is 12.6. The molecular weight excluding hydrogens is 656 g/mol. The molecule has 2 rings (SSSR count). The van der Waals surface area contributed by atoms with E-state index in [1.807, 2.05) is 0 Å². The predicted molar refractivity (Wildman–Crippen MR) is 209 cm³/mol. The van der Waals surface area contributed by atoms with Crippen molar-refractivity contribution in [1.82, 2.24) is 0 Å².